The Morgan fingerprint density at radius 1 is 1.00 bits per heavy atom. The molecule has 66 valence electrons. The molecule has 0 aliphatic heterocycles. The maximum Gasteiger partial charge on any atom is 0.505 e. The molecule has 0 spiro atoms. The molecule has 0 aromatic heterocycles. The van der Waals surface area contributed by atoms with Crippen LogP contribution < -0.4 is 0 Å². The summed E-state index contributed by atoms with van der Waals surface area (Å²) in [5, 5.41) is 8.42. The Bertz CT molecular complexity index is 106. The molecule has 0 amide bonds. The van der Waals surface area contributed by atoms with E-state index in [1.54, 1.807) is 0 Å². The lowest BCUT2D eigenvalue weighted by atomic mass is 10.2. The van der Waals surface area contributed by atoms with Crippen LogP contribution in [-0.2, 0) is 4.57 Å². The van der Waals surface area contributed by atoms with Gasteiger partial charge in [-0.1, -0.05) is 12.8 Å². The van der Waals surface area contributed by atoms with E-state index in [0.29, 0.717) is 6.16 Å². The van der Waals surface area contributed by atoms with Crippen LogP contribution in [0.5, 0.6) is 0 Å². The number of hydrogen-bond donors (Lipinski definition) is 2. The predicted molar refractivity (Wildman–Crippen MR) is 44.9 cm³/mol. The molecule has 1 atom stereocenters. The largest absolute Gasteiger partial charge is 0.505 e. The van der Waals surface area contributed by atoms with Crippen molar-refractivity contribution in [2.45, 2.75) is 32.1 Å². The molecule has 2 N–H and O–H groups in total. The standard InChI is InChI=1S/C7H15O3P/c8-6-4-2-1-3-5-7-11(9)10/h8H,1-7H2/p+1. The Balaban J connectivity index is 2.85. The molecule has 0 saturated carbocycles. The fourth-order valence-electron chi connectivity index (χ4n) is 0.889. The van der Waals surface area contributed by atoms with Gasteiger partial charge in [-0.05, 0) is 23.8 Å². The van der Waals surface area contributed by atoms with Gasteiger partial charge in [0.05, 0.1) is 0 Å². The van der Waals surface area contributed by atoms with Gasteiger partial charge in [0.1, 0.15) is 0 Å². The maximum absolute atomic E-state index is 10.2. The normalized spacial score (nSPS) is 11.6. The molecular formula is C7H16O3P+. The van der Waals surface area contributed by atoms with Crippen molar-refractivity contribution in [1.29, 1.82) is 0 Å². The first-order valence-electron chi connectivity index (χ1n) is 4.02. The average Bonchev–Trinajstić information content (AvgIpc) is 1.96. The van der Waals surface area contributed by atoms with Crippen molar-refractivity contribution >= 4 is 8.03 Å². The van der Waals surface area contributed by atoms with Crippen LogP contribution in [0.25, 0.3) is 0 Å². The van der Waals surface area contributed by atoms with Gasteiger partial charge in [-0.25, -0.2) is 0 Å². The quantitative estimate of drug-likeness (QED) is 0.461. The Morgan fingerprint density at radius 3 is 2.09 bits per heavy atom. The number of aliphatic hydroxyl groups excluding tert-OH is 1. The van der Waals surface area contributed by atoms with Gasteiger partial charge in [0.25, 0.3) is 0 Å². The summed E-state index contributed by atoms with van der Waals surface area (Å²) in [5.41, 5.74) is 0. The monoisotopic (exact) mass is 179 g/mol. The number of aliphatic hydroxyl groups is 1. The van der Waals surface area contributed by atoms with E-state index in [4.69, 9.17) is 10.00 Å². The average molecular weight is 179 g/mol. The molecule has 0 saturated heterocycles. The van der Waals surface area contributed by atoms with Gasteiger partial charge in [0.15, 0.2) is 6.16 Å². The van der Waals surface area contributed by atoms with E-state index in [2.05, 4.69) is 0 Å². The molecule has 3 nitrogen and oxygen atoms in total. The van der Waals surface area contributed by atoms with Crippen LogP contribution in [0.1, 0.15) is 32.1 Å². The Morgan fingerprint density at radius 2 is 1.55 bits per heavy atom. The molecular weight excluding hydrogens is 163 g/mol. The van der Waals surface area contributed by atoms with Crippen LogP contribution >= 0.6 is 8.03 Å². The first kappa shape index (κ1) is 11.0. The van der Waals surface area contributed by atoms with Crippen molar-refractivity contribution in [2.75, 3.05) is 12.8 Å². The van der Waals surface area contributed by atoms with Gasteiger partial charge in [-0.2, -0.15) is 4.89 Å². The highest BCUT2D eigenvalue weighted by Crippen LogP contribution is 2.16. The van der Waals surface area contributed by atoms with Crippen LogP contribution in [0.2, 0.25) is 0 Å². The minimum atomic E-state index is -1.92. The van der Waals surface area contributed by atoms with E-state index in [9.17, 15) is 4.57 Å². The summed E-state index contributed by atoms with van der Waals surface area (Å²) in [7, 11) is -1.92. The molecule has 0 aliphatic carbocycles. The van der Waals surface area contributed by atoms with Crippen molar-refractivity contribution in [2.24, 2.45) is 0 Å². The Hall–Kier alpha value is 0.0200. The summed E-state index contributed by atoms with van der Waals surface area (Å²) in [6.45, 7) is 0.258. The van der Waals surface area contributed by atoms with E-state index in [1.807, 2.05) is 0 Å². The second-order valence-electron chi connectivity index (χ2n) is 2.57. The van der Waals surface area contributed by atoms with Crippen molar-refractivity contribution in [3.63, 3.8) is 0 Å². The zero-order valence-electron chi connectivity index (χ0n) is 6.70. The van der Waals surface area contributed by atoms with Gasteiger partial charge in [0, 0.05) is 6.61 Å². The van der Waals surface area contributed by atoms with Crippen LogP contribution in [-0.4, -0.2) is 22.8 Å². The van der Waals surface area contributed by atoms with Crippen molar-refractivity contribution in [3.05, 3.63) is 0 Å². The maximum atomic E-state index is 10.2. The minimum absolute atomic E-state index is 0.258. The lowest BCUT2D eigenvalue weighted by Crippen LogP contribution is -1.84. The first-order chi connectivity index (χ1) is 5.27. The second-order valence-corrected chi connectivity index (χ2v) is 3.72. The third-order valence-corrected chi connectivity index (χ3v) is 2.21. The molecule has 0 aromatic carbocycles. The van der Waals surface area contributed by atoms with E-state index < -0.39 is 8.03 Å². The van der Waals surface area contributed by atoms with E-state index in [0.717, 1.165) is 32.1 Å². The Kier molecular flexibility index (Phi) is 8.13. The molecule has 0 aromatic rings. The molecule has 4 heteroatoms. The van der Waals surface area contributed by atoms with Gasteiger partial charge in [-0.3, -0.25) is 0 Å². The molecule has 11 heavy (non-hydrogen) atoms. The molecule has 0 aliphatic rings. The molecule has 0 radical (unpaired) electrons. The van der Waals surface area contributed by atoms with Gasteiger partial charge < -0.3 is 5.11 Å². The summed E-state index contributed by atoms with van der Waals surface area (Å²) in [6.07, 6.45) is 5.20. The topological polar surface area (TPSA) is 57.5 Å². The van der Waals surface area contributed by atoms with Crippen molar-refractivity contribution in [1.82, 2.24) is 0 Å². The number of unbranched alkanes of at least 4 members (excludes halogenated alkanes) is 4. The summed E-state index contributed by atoms with van der Waals surface area (Å²) in [4.78, 5) is 8.42. The SMILES string of the molecule is O=[P+](O)CCCCCCCO. The van der Waals surface area contributed by atoms with Crippen LogP contribution in [0.3, 0.4) is 0 Å². The highest BCUT2D eigenvalue weighted by atomic mass is 31.1. The lowest BCUT2D eigenvalue weighted by molar-refractivity contribution is 0.282. The highest BCUT2D eigenvalue weighted by Gasteiger charge is 2.07. The third-order valence-electron chi connectivity index (χ3n) is 1.51. The fraction of sp³-hybridized carbons (Fsp3) is 1.00. The van der Waals surface area contributed by atoms with Gasteiger partial charge in [-0.15, -0.1) is 0 Å². The van der Waals surface area contributed by atoms with Gasteiger partial charge in [0.2, 0.25) is 0 Å². The number of rotatable bonds is 7. The molecule has 0 heterocycles. The third kappa shape index (κ3) is 10.0. The van der Waals surface area contributed by atoms with Crippen LogP contribution in [0.15, 0.2) is 0 Å². The molecule has 0 rings (SSSR count). The van der Waals surface area contributed by atoms with E-state index >= 15 is 0 Å². The van der Waals surface area contributed by atoms with Crippen molar-refractivity contribution < 1.29 is 14.6 Å². The molecule has 1 unspecified atom stereocenters. The van der Waals surface area contributed by atoms with Crippen LogP contribution in [0, 0.1) is 0 Å². The Labute approximate surface area is 68.3 Å². The zero-order chi connectivity index (χ0) is 8.53. The lowest BCUT2D eigenvalue weighted by Gasteiger charge is -1.94. The summed E-state index contributed by atoms with van der Waals surface area (Å²) < 4.78 is 10.2. The molecule has 0 bridgehead atoms. The highest BCUT2D eigenvalue weighted by molar-refractivity contribution is 7.37. The molecule has 0 fully saturated rings. The van der Waals surface area contributed by atoms with Gasteiger partial charge >= 0.3 is 8.03 Å². The van der Waals surface area contributed by atoms with Crippen LogP contribution in [0.4, 0.5) is 0 Å². The zero-order valence-corrected chi connectivity index (χ0v) is 7.59. The van der Waals surface area contributed by atoms with E-state index in [1.165, 1.54) is 0 Å². The fourth-order valence-corrected chi connectivity index (χ4v) is 1.38. The predicted octanol–water partition coefficient (Wildman–Crippen LogP) is 1.66. The van der Waals surface area contributed by atoms with Crippen molar-refractivity contribution in [3.8, 4) is 0 Å². The number of hydrogen-bond acceptors (Lipinski definition) is 2. The summed E-state index contributed by atoms with van der Waals surface area (Å²) in [6, 6.07) is 0. The summed E-state index contributed by atoms with van der Waals surface area (Å²) in [5.74, 6) is 0. The minimum Gasteiger partial charge on any atom is -0.396 e. The second kappa shape index (κ2) is 8.12. The smallest absolute Gasteiger partial charge is 0.396 e. The van der Waals surface area contributed by atoms with E-state index in [-0.39, 0.29) is 6.61 Å². The first-order valence-corrected chi connectivity index (χ1v) is 5.41. The summed E-state index contributed by atoms with van der Waals surface area (Å²) >= 11 is 0.